The minimum Gasteiger partial charge on any atom is -0.490 e. The summed E-state index contributed by atoms with van der Waals surface area (Å²) in [5.74, 6) is 1.24. The number of hydrogen-bond donors (Lipinski definition) is 1. The highest BCUT2D eigenvalue weighted by atomic mass is 16.5. The Morgan fingerprint density at radius 2 is 2.05 bits per heavy atom. The zero-order valence-electron chi connectivity index (χ0n) is 12.1. The zero-order chi connectivity index (χ0) is 14.3. The molecule has 0 bridgehead atoms. The Labute approximate surface area is 115 Å². The van der Waals surface area contributed by atoms with Gasteiger partial charge in [0.25, 0.3) is 0 Å². The van der Waals surface area contributed by atoms with Gasteiger partial charge in [0, 0.05) is 12.2 Å². The Hall–Kier alpha value is -1.55. The van der Waals surface area contributed by atoms with Crippen LogP contribution in [0.3, 0.4) is 0 Å². The molecule has 0 unspecified atom stereocenters. The van der Waals surface area contributed by atoms with Crippen molar-refractivity contribution >= 4 is 5.71 Å². The van der Waals surface area contributed by atoms with Gasteiger partial charge in [-0.3, -0.25) is 0 Å². The summed E-state index contributed by atoms with van der Waals surface area (Å²) in [5, 5.41) is 12.1. The molecule has 4 nitrogen and oxygen atoms in total. The third-order valence-electron chi connectivity index (χ3n) is 2.61. The van der Waals surface area contributed by atoms with Crippen LogP contribution in [0, 0.1) is 12.8 Å². The molecule has 0 aliphatic carbocycles. The molecule has 0 aliphatic rings. The lowest BCUT2D eigenvalue weighted by Crippen LogP contribution is -2.11. The number of oxime groups is 1. The molecule has 1 aromatic carbocycles. The standard InChI is InChI=1S/C15H23NO3/c1-11(2)10-18-7-8-19-15-6-5-12(3)9-14(15)13(4)16-17/h5-6,9,11,17H,7-8,10H2,1-4H3/b16-13+. The molecule has 0 saturated carbocycles. The van der Waals surface area contributed by atoms with E-state index in [-0.39, 0.29) is 0 Å². The fourth-order valence-electron chi connectivity index (χ4n) is 1.64. The minimum atomic E-state index is 0.488. The molecular weight excluding hydrogens is 242 g/mol. The molecule has 0 amide bonds. The lowest BCUT2D eigenvalue weighted by atomic mass is 10.1. The van der Waals surface area contributed by atoms with Crippen molar-refractivity contribution in [1.82, 2.24) is 0 Å². The lowest BCUT2D eigenvalue weighted by Gasteiger charge is -2.12. The molecule has 1 rings (SSSR count). The van der Waals surface area contributed by atoms with Gasteiger partial charge in [0.1, 0.15) is 12.4 Å². The van der Waals surface area contributed by atoms with Crippen molar-refractivity contribution < 1.29 is 14.7 Å². The molecule has 0 fully saturated rings. The lowest BCUT2D eigenvalue weighted by molar-refractivity contribution is 0.0818. The van der Waals surface area contributed by atoms with Crippen molar-refractivity contribution in [2.45, 2.75) is 27.7 Å². The monoisotopic (exact) mass is 265 g/mol. The molecule has 0 spiro atoms. The number of rotatable bonds is 7. The summed E-state index contributed by atoms with van der Waals surface area (Å²) in [5.41, 5.74) is 2.45. The molecule has 1 aromatic rings. The van der Waals surface area contributed by atoms with E-state index in [1.807, 2.05) is 25.1 Å². The number of ether oxygens (including phenoxy) is 2. The molecule has 4 heteroatoms. The van der Waals surface area contributed by atoms with Gasteiger partial charge < -0.3 is 14.7 Å². The van der Waals surface area contributed by atoms with Crippen molar-refractivity contribution in [3.8, 4) is 5.75 Å². The zero-order valence-corrected chi connectivity index (χ0v) is 12.1. The Bertz CT molecular complexity index is 427. The van der Waals surface area contributed by atoms with Gasteiger partial charge in [-0.05, 0) is 31.9 Å². The van der Waals surface area contributed by atoms with Gasteiger partial charge >= 0.3 is 0 Å². The first kappa shape index (κ1) is 15.5. The summed E-state index contributed by atoms with van der Waals surface area (Å²) in [6, 6.07) is 5.81. The van der Waals surface area contributed by atoms with Crippen LogP contribution in [0.5, 0.6) is 5.75 Å². The highest BCUT2D eigenvalue weighted by molar-refractivity contribution is 6.00. The minimum absolute atomic E-state index is 0.488. The van der Waals surface area contributed by atoms with Crippen molar-refractivity contribution in [3.05, 3.63) is 29.3 Å². The largest absolute Gasteiger partial charge is 0.490 e. The highest BCUT2D eigenvalue weighted by Gasteiger charge is 2.08. The topological polar surface area (TPSA) is 51.1 Å². The summed E-state index contributed by atoms with van der Waals surface area (Å²) in [6.07, 6.45) is 0. The van der Waals surface area contributed by atoms with E-state index in [2.05, 4.69) is 19.0 Å². The van der Waals surface area contributed by atoms with Gasteiger partial charge in [0.2, 0.25) is 0 Å². The van der Waals surface area contributed by atoms with E-state index in [1.165, 1.54) is 0 Å². The summed E-state index contributed by atoms with van der Waals surface area (Å²) < 4.78 is 11.1. The van der Waals surface area contributed by atoms with Crippen molar-refractivity contribution in [3.63, 3.8) is 0 Å². The predicted octanol–water partition coefficient (Wildman–Crippen LogP) is 3.24. The fraction of sp³-hybridized carbons (Fsp3) is 0.533. The highest BCUT2D eigenvalue weighted by Crippen LogP contribution is 2.21. The van der Waals surface area contributed by atoms with E-state index in [0.717, 1.165) is 17.7 Å². The molecule has 0 radical (unpaired) electrons. The van der Waals surface area contributed by atoms with Crippen molar-refractivity contribution in [2.75, 3.05) is 19.8 Å². The van der Waals surface area contributed by atoms with E-state index < -0.39 is 0 Å². The fourth-order valence-corrected chi connectivity index (χ4v) is 1.64. The smallest absolute Gasteiger partial charge is 0.128 e. The van der Waals surface area contributed by atoms with Crippen LogP contribution >= 0.6 is 0 Å². The SMILES string of the molecule is C/C(=N\O)c1cc(C)ccc1OCCOCC(C)C. The molecule has 1 N–H and O–H groups in total. The maximum absolute atomic E-state index is 8.88. The normalized spacial score (nSPS) is 11.9. The van der Waals surface area contributed by atoms with E-state index >= 15 is 0 Å². The van der Waals surface area contributed by atoms with Crippen molar-refractivity contribution in [2.24, 2.45) is 11.1 Å². The van der Waals surface area contributed by atoms with Crippen LogP contribution in [0.1, 0.15) is 31.9 Å². The Morgan fingerprint density at radius 1 is 1.32 bits per heavy atom. The van der Waals surface area contributed by atoms with E-state index in [0.29, 0.717) is 30.6 Å². The summed E-state index contributed by atoms with van der Waals surface area (Å²) in [4.78, 5) is 0. The van der Waals surface area contributed by atoms with E-state index in [1.54, 1.807) is 6.92 Å². The second-order valence-corrected chi connectivity index (χ2v) is 5.00. The molecule has 0 atom stereocenters. The van der Waals surface area contributed by atoms with Gasteiger partial charge in [-0.2, -0.15) is 0 Å². The van der Waals surface area contributed by atoms with Crippen LogP contribution in [0.2, 0.25) is 0 Å². The average Bonchev–Trinajstić information content (AvgIpc) is 2.38. The van der Waals surface area contributed by atoms with Crippen LogP contribution in [0.15, 0.2) is 23.4 Å². The number of aryl methyl sites for hydroxylation is 1. The second-order valence-electron chi connectivity index (χ2n) is 5.00. The Balaban J connectivity index is 2.58. The maximum atomic E-state index is 8.88. The van der Waals surface area contributed by atoms with Gasteiger partial charge in [-0.25, -0.2) is 0 Å². The Morgan fingerprint density at radius 3 is 2.68 bits per heavy atom. The van der Waals surface area contributed by atoms with Crippen LogP contribution in [0.25, 0.3) is 0 Å². The molecule has 0 saturated heterocycles. The molecule has 19 heavy (non-hydrogen) atoms. The third kappa shape index (κ3) is 5.30. The first-order valence-corrected chi connectivity index (χ1v) is 6.54. The second kappa shape index (κ2) is 7.79. The number of benzene rings is 1. The molecule has 0 heterocycles. The van der Waals surface area contributed by atoms with E-state index in [4.69, 9.17) is 14.7 Å². The number of nitrogens with zero attached hydrogens (tertiary/aromatic N) is 1. The van der Waals surface area contributed by atoms with Gasteiger partial charge in [-0.15, -0.1) is 0 Å². The third-order valence-corrected chi connectivity index (χ3v) is 2.61. The van der Waals surface area contributed by atoms with Gasteiger partial charge in [0.15, 0.2) is 0 Å². The molecule has 106 valence electrons. The summed E-state index contributed by atoms with van der Waals surface area (Å²) >= 11 is 0. The maximum Gasteiger partial charge on any atom is 0.128 e. The Kier molecular flexibility index (Phi) is 6.36. The molecule has 0 aromatic heterocycles. The average molecular weight is 265 g/mol. The van der Waals surface area contributed by atoms with Crippen LogP contribution in [-0.4, -0.2) is 30.7 Å². The summed E-state index contributed by atoms with van der Waals surface area (Å²) in [6.45, 7) is 9.74. The van der Waals surface area contributed by atoms with Gasteiger partial charge in [-0.1, -0.05) is 30.6 Å². The van der Waals surface area contributed by atoms with Gasteiger partial charge in [0.05, 0.1) is 12.3 Å². The first-order valence-electron chi connectivity index (χ1n) is 6.54. The van der Waals surface area contributed by atoms with Crippen LogP contribution < -0.4 is 4.74 Å². The van der Waals surface area contributed by atoms with E-state index in [9.17, 15) is 0 Å². The van der Waals surface area contributed by atoms with Crippen LogP contribution in [-0.2, 0) is 4.74 Å². The summed E-state index contributed by atoms with van der Waals surface area (Å²) in [7, 11) is 0. The van der Waals surface area contributed by atoms with Crippen molar-refractivity contribution in [1.29, 1.82) is 0 Å². The number of hydrogen-bond acceptors (Lipinski definition) is 4. The molecule has 0 aliphatic heterocycles. The van der Waals surface area contributed by atoms with Crippen LogP contribution in [0.4, 0.5) is 0 Å². The quantitative estimate of drug-likeness (QED) is 0.356. The first-order chi connectivity index (χ1) is 9.04. The molecular formula is C15H23NO3. The predicted molar refractivity (Wildman–Crippen MR) is 76.3 cm³/mol.